The molecule has 1 aliphatic rings. The molecule has 2 rings (SSSR count). The molecule has 0 aliphatic heterocycles. The highest BCUT2D eigenvalue weighted by Crippen LogP contribution is 2.37. The third-order valence-electron chi connectivity index (χ3n) is 3.83. The molecular weight excluding hydrogens is 229 g/mol. The van der Waals surface area contributed by atoms with E-state index in [9.17, 15) is 9.50 Å². The van der Waals surface area contributed by atoms with Crippen LogP contribution in [0.3, 0.4) is 0 Å². The molecule has 0 heterocycles. The zero-order valence-corrected chi connectivity index (χ0v) is 11.1. The van der Waals surface area contributed by atoms with Gasteiger partial charge in [-0.1, -0.05) is 32.0 Å². The van der Waals surface area contributed by atoms with Gasteiger partial charge in [0, 0.05) is 18.2 Å². The van der Waals surface area contributed by atoms with Crippen LogP contribution in [0.1, 0.15) is 44.8 Å². The lowest BCUT2D eigenvalue weighted by Gasteiger charge is -2.19. The summed E-state index contributed by atoms with van der Waals surface area (Å²) < 4.78 is 13.5. The highest BCUT2D eigenvalue weighted by molar-refractivity contribution is 5.20. The highest BCUT2D eigenvalue weighted by atomic mass is 19.1. The molecule has 2 unspecified atom stereocenters. The summed E-state index contributed by atoms with van der Waals surface area (Å²) in [5.41, 5.74) is 0.767. The van der Waals surface area contributed by atoms with Crippen molar-refractivity contribution >= 4 is 0 Å². The lowest BCUT2D eigenvalue weighted by molar-refractivity contribution is 0.164. The first-order valence-corrected chi connectivity index (χ1v) is 6.64. The minimum absolute atomic E-state index is 0.335. The third-order valence-corrected chi connectivity index (χ3v) is 3.83. The summed E-state index contributed by atoms with van der Waals surface area (Å²) in [7, 11) is 0. The molecule has 0 spiro atoms. The number of rotatable bonds is 4. The largest absolute Gasteiger partial charge is 0.387 e. The minimum atomic E-state index is -0.769. The lowest BCUT2D eigenvalue weighted by atomic mass is 9.92. The maximum absolute atomic E-state index is 13.5. The van der Waals surface area contributed by atoms with E-state index in [4.69, 9.17) is 0 Å². The number of benzene rings is 1. The van der Waals surface area contributed by atoms with E-state index in [1.54, 1.807) is 18.2 Å². The van der Waals surface area contributed by atoms with Crippen LogP contribution in [0.5, 0.6) is 0 Å². The molecular formula is C15H22FNO. The van der Waals surface area contributed by atoms with Gasteiger partial charge >= 0.3 is 0 Å². The van der Waals surface area contributed by atoms with Gasteiger partial charge in [-0.05, 0) is 30.7 Å². The van der Waals surface area contributed by atoms with Crippen LogP contribution in [0.25, 0.3) is 0 Å². The Balaban J connectivity index is 1.86. The van der Waals surface area contributed by atoms with Crippen molar-refractivity contribution < 1.29 is 9.50 Å². The van der Waals surface area contributed by atoms with E-state index in [0.29, 0.717) is 23.6 Å². The first kappa shape index (κ1) is 13.5. The molecule has 1 aromatic rings. The number of aliphatic hydroxyl groups excluding tert-OH is 1. The molecule has 0 aromatic heterocycles. The molecule has 2 nitrogen and oxygen atoms in total. The summed E-state index contributed by atoms with van der Waals surface area (Å²) in [6.07, 6.45) is 2.70. The third kappa shape index (κ3) is 3.30. The van der Waals surface area contributed by atoms with Crippen LogP contribution in [0.2, 0.25) is 0 Å². The van der Waals surface area contributed by atoms with Crippen molar-refractivity contribution in [3.8, 4) is 0 Å². The monoisotopic (exact) mass is 251 g/mol. The highest BCUT2D eigenvalue weighted by Gasteiger charge is 2.30. The average molecular weight is 251 g/mol. The number of halogens is 1. The van der Waals surface area contributed by atoms with Gasteiger partial charge in [0.2, 0.25) is 0 Å². The van der Waals surface area contributed by atoms with E-state index in [-0.39, 0.29) is 5.82 Å². The van der Waals surface area contributed by atoms with Crippen LogP contribution in [-0.2, 0) is 0 Å². The fourth-order valence-corrected chi connectivity index (χ4v) is 2.74. The summed E-state index contributed by atoms with van der Waals surface area (Å²) in [6, 6.07) is 6.86. The predicted octanol–water partition coefficient (Wildman–Crippen LogP) is 3.03. The van der Waals surface area contributed by atoms with Crippen LogP contribution in [0.4, 0.5) is 4.39 Å². The smallest absolute Gasteiger partial charge is 0.129 e. The Bertz CT molecular complexity index is 405. The topological polar surface area (TPSA) is 32.3 Å². The van der Waals surface area contributed by atoms with Crippen molar-refractivity contribution in [3.63, 3.8) is 0 Å². The molecule has 18 heavy (non-hydrogen) atoms. The Morgan fingerprint density at radius 2 is 2.17 bits per heavy atom. The van der Waals surface area contributed by atoms with Crippen molar-refractivity contribution in [1.82, 2.24) is 5.32 Å². The second-order valence-electron chi connectivity index (χ2n) is 6.05. The van der Waals surface area contributed by atoms with E-state index in [2.05, 4.69) is 19.2 Å². The Morgan fingerprint density at radius 3 is 2.78 bits per heavy atom. The Labute approximate surface area is 108 Å². The zero-order chi connectivity index (χ0) is 13.2. The Morgan fingerprint density at radius 1 is 1.44 bits per heavy atom. The molecule has 1 saturated carbocycles. The SMILES string of the molecule is CC1(C)CCC(NCC(O)c2ccccc2F)C1. The van der Waals surface area contributed by atoms with E-state index >= 15 is 0 Å². The summed E-state index contributed by atoms with van der Waals surface area (Å²) in [6.45, 7) is 4.95. The van der Waals surface area contributed by atoms with E-state index < -0.39 is 6.10 Å². The average Bonchev–Trinajstić information content (AvgIpc) is 2.66. The van der Waals surface area contributed by atoms with E-state index in [1.807, 2.05) is 0 Å². The molecule has 1 fully saturated rings. The minimum Gasteiger partial charge on any atom is -0.387 e. The maximum Gasteiger partial charge on any atom is 0.129 e. The van der Waals surface area contributed by atoms with Gasteiger partial charge in [-0.3, -0.25) is 0 Å². The predicted molar refractivity (Wildman–Crippen MR) is 70.8 cm³/mol. The molecule has 0 bridgehead atoms. The van der Waals surface area contributed by atoms with Crippen molar-refractivity contribution in [2.24, 2.45) is 5.41 Å². The van der Waals surface area contributed by atoms with Crippen LogP contribution in [-0.4, -0.2) is 17.7 Å². The normalized spacial score (nSPS) is 24.1. The van der Waals surface area contributed by atoms with Gasteiger partial charge in [0.1, 0.15) is 5.82 Å². The second-order valence-corrected chi connectivity index (χ2v) is 6.05. The van der Waals surface area contributed by atoms with Gasteiger partial charge < -0.3 is 10.4 Å². The van der Waals surface area contributed by atoms with Gasteiger partial charge in [-0.25, -0.2) is 4.39 Å². The van der Waals surface area contributed by atoms with Gasteiger partial charge in [-0.2, -0.15) is 0 Å². The van der Waals surface area contributed by atoms with Gasteiger partial charge in [0.05, 0.1) is 6.10 Å². The zero-order valence-electron chi connectivity index (χ0n) is 11.1. The van der Waals surface area contributed by atoms with E-state index in [0.717, 1.165) is 12.8 Å². The standard InChI is InChI=1S/C15H22FNO/c1-15(2)8-7-11(9-15)17-10-14(18)12-5-3-4-6-13(12)16/h3-6,11,14,17-18H,7-10H2,1-2H3. The second kappa shape index (κ2) is 5.37. The molecule has 0 radical (unpaired) electrons. The van der Waals surface area contributed by atoms with Crippen molar-refractivity contribution in [3.05, 3.63) is 35.6 Å². The van der Waals surface area contributed by atoms with Crippen molar-refractivity contribution in [2.45, 2.75) is 45.3 Å². The first-order valence-electron chi connectivity index (χ1n) is 6.64. The summed E-state index contributed by atoms with van der Waals surface area (Å²) >= 11 is 0. The number of hydrogen-bond donors (Lipinski definition) is 2. The van der Waals surface area contributed by atoms with Crippen molar-refractivity contribution in [1.29, 1.82) is 0 Å². The molecule has 2 atom stereocenters. The van der Waals surface area contributed by atoms with Crippen LogP contribution < -0.4 is 5.32 Å². The first-order chi connectivity index (χ1) is 8.48. The molecule has 100 valence electrons. The van der Waals surface area contributed by atoms with Gasteiger partial charge in [0.15, 0.2) is 0 Å². The van der Waals surface area contributed by atoms with Crippen LogP contribution >= 0.6 is 0 Å². The Hall–Kier alpha value is -0.930. The number of nitrogens with one attached hydrogen (secondary N) is 1. The summed E-state index contributed by atoms with van der Waals surface area (Å²) in [5, 5.41) is 13.3. The Kier molecular flexibility index (Phi) is 4.03. The molecule has 0 saturated heterocycles. The fourth-order valence-electron chi connectivity index (χ4n) is 2.74. The van der Waals surface area contributed by atoms with Crippen LogP contribution in [0, 0.1) is 11.2 Å². The molecule has 3 heteroatoms. The van der Waals surface area contributed by atoms with Gasteiger partial charge in [-0.15, -0.1) is 0 Å². The lowest BCUT2D eigenvalue weighted by Crippen LogP contribution is -2.31. The van der Waals surface area contributed by atoms with E-state index in [1.165, 1.54) is 12.5 Å². The number of aliphatic hydroxyl groups is 1. The summed E-state index contributed by atoms with van der Waals surface area (Å²) in [5.74, 6) is -0.335. The molecule has 0 amide bonds. The molecule has 1 aromatic carbocycles. The molecule has 2 N–H and O–H groups in total. The summed E-state index contributed by atoms with van der Waals surface area (Å²) in [4.78, 5) is 0. The van der Waals surface area contributed by atoms with Gasteiger partial charge in [0.25, 0.3) is 0 Å². The maximum atomic E-state index is 13.5. The fraction of sp³-hybridized carbons (Fsp3) is 0.600. The molecule has 1 aliphatic carbocycles. The quantitative estimate of drug-likeness (QED) is 0.862. The number of hydrogen-bond acceptors (Lipinski definition) is 2. The van der Waals surface area contributed by atoms with Crippen molar-refractivity contribution in [2.75, 3.05) is 6.54 Å². The van der Waals surface area contributed by atoms with Crippen LogP contribution in [0.15, 0.2) is 24.3 Å².